The Morgan fingerprint density at radius 2 is 1.78 bits per heavy atom. The highest BCUT2D eigenvalue weighted by Gasteiger charge is 2.75. The Morgan fingerprint density at radius 1 is 1.04 bits per heavy atom. The van der Waals surface area contributed by atoms with Crippen molar-refractivity contribution < 1.29 is 0 Å². The zero-order valence-electron chi connectivity index (χ0n) is 19.2. The lowest BCUT2D eigenvalue weighted by atomic mass is 9.43. The number of allylic oxidation sites excluding steroid dienone is 1. The summed E-state index contributed by atoms with van der Waals surface area (Å²) in [5, 5.41) is 0. The van der Waals surface area contributed by atoms with Crippen LogP contribution in [0.1, 0.15) is 106 Å². The van der Waals surface area contributed by atoms with Gasteiger partial charge in [-0.2, -0.15) is 0 Å². The molecule has 0 aromatic rings. The summed E-state index contributed by atoms with van der Waals surface area (Å²) in [5.74, 6) is 6.14. The second-order valence-electron chi connectivity index (χ2n) is 11.6. The molecule has 0 heterocycles. The molecule has 27 heavy (non-hydrogen) atoms. The maximum absolute atomic E-state index is 4.36. The third-order valence-electron chi connectivity index (χ3n) is 11.3. The molecule has 0 aromatic carbocycles. The van der Waals surface area contributed by atoms with Gasteiger partial charge in [0.05, 0.1) is 0 Å². The number of rotatable bonds is 2. The third kappa shape index (κ3) is 2.46. The van der Waals surface area contributed by atoms with Gasteiger partial charge in [-0.25, -0.2) is 0 Å². The predicted octanol–water partition coefficient (Wildman–Crippen LogP) is 8.27. The van der Waals surface area contributed by atoms with Crippen LogP contribution < -0.4 is 0 Å². The van der Waals surface area contributed by atoms with Crippen molar-refractivity contribution in [3.05, 3.63) is 12.2 Å². The Morgan fingerprint density at radius 3 is 2.48 bits per heavy atom. The van der Waals surface area contributed by atoms with Crippen molar-refractivity contribution in [1.29, 1.82) is 0 Å². The van der Waals surface area contributed by atoms with E-state index in [2.05, 4.69) is 34.3 Å². The van der Waals surface area contributed by atoms with E-state index in [4.69, 9.17) is 0 Å². The van der Waals surface area contributed by atoms with E-state index in [1.54, 1.807) is 37.7 Å². The van der Waals surface area contributed by atoms with Crippen molar-refractivity contribution in [2.45, 2.75) is 106 Å². The Bertz CT molecular complexity index is 589. The molecule has 0 nitrogen and oxygen atoms in total. The number of hydrogen-bond acceptors (Lipinski definition) is 0. The zero-order valence-corrected chi connectivity index (χ0v) is 19.2. The maximum atomic E-state index is 4.36. The first-order valence-electron chi connectivity index (χ1n) is 12.5. The van der Waals surface area contributed by atoms with Gasteiger partial charge >= 0.3 is 0 Å². The Hall–Kier alpha value is -0.260. The molecule has 0 N–H and O–H groups in total. The second-order valence-corrected chi connectivity index (χ2v) is 11.6. The molecule has 0 saturated heterocycles. The third-order valence-corrected chi connectivity index (χ3v) is 11.3. The topological polar surface area (TPSA) is 0 Å². The van der Waals surface area contributed by atoms with Crippen molar-refractivity contribution in [3.8, 4) is 0 Å². The van der Waals surface area contributed by atoms with Crippen LogP contribution in [0.15, 0.2) is 12.2 Å². The molecule has 9 atom stereocenters. The smallest absolute Gasteiger partial charge is 0.0184 e. The number of hydrogen-bond donors (Lipinski definition) is 0. The van der Waals surface area contributed by atoms with Gasteiger partial charge in [-0.3, -0.25) is 0 Å². The minimum absolute atomic E-state index is 0.641. The van der Waals surface area contributed by atoms with E-state index in [0.717, 1.165) is 40.9 Å². The molecule has 5 aliphatic rings. The molecular weight excluding hydrogens is 324 g/mol. The van der Waals surface area contributed by atoms with Gasteiger partial charge in [-0.15, -0.1) is 0 Å². The molecule has 5 aliphatic carbocycles. The molecule has 1 unspecified atom stereocenters. The van der Waals surface area contributed by atoms with Gasteiger partial charge in [0.2, 0.25) is 0 Å². The first kappa shape index (κ1) is 20.0. The fourth-order valence-electron chi connectivity index (χ4n) is 9.67. The predicted molar refractivity (Wildman–Crippen MR) is 118 cm³/mol. The second kappa shape index (κ2) is 6.63. The fraction of sp³-hybridized carbons (Fsp3) is 0.926. The average molecular weight is 371 g/mol. The van der Waals surface area contributed by atoms with E-state index in [0.29, 0.717) is 10.8 Å². The van der Waals surface area contributed by atoms with Crippen LogP contribution in [0.3, 0.4) is 0 Å². The van der Waals surface area contributed by atoms with Gasteiger partial charge < -0.3 is 0 Å². The highest BCUT2D eigenvalue weighted by atomic mass is 14.8. The summed E-state index contributed by atoms with van der Waals surface area (Å²) in [6.07, 6.45) is 14.8. The quantitative estimate of drug-likeness (QED) is 0.429. The van der Waals surface area contributed by atoms with Crippen molar-refractivity contribution in [3.63, 3.8) is 0 Å². The summed E-state index contributed by atoms with van der Waals surface area (Å²) in [6.45, 7) is 18.8. The normalized spacial score (nSPS) is 53.9. The Labute approximate surface area is 170 Å². The van der Waals surface area contributed by atoms with Crippen LogP contribution in [0.25, 0.3) is 0 Å². The molecule has 154 valence electrons. The summed E-state index contributed by atoms with van der Waals surface area (Å²) >= 11 is 0. The molecule has 0 amide bonds. The van der Waals surface area contributed by atoms with Crippen LogP contribution in [0.2, 0.25) is 0 Å². The van der Waals surface area contributed by atoms with E-state index in [9.17, 15) is 0 Å². The van der Waals surface area contributed by atoms with Crippen LogP contribution >= 0.6 is 0 Å². The van der Waals surface area contributed by atoms with Gasteiger partial charge in [0, 0.05) is 0 Å². The van der Waals surface area contributed by atoms with Crippen molar-refractivity contribution in [1.82, 2.24) is 0 Å². The maximum Gasteiger partial charge on any atom is -0.0184 e. The number of fused-ring (bicyclic) bond motifs is 7. The Kier molecular flexibility index (Phi) is 4.92. The summed E-state index contributed by atoms with van der Waals surface area (Å²) in [5.41, 5.74) is 3.62. The lowest BCUT2D eigenvalue weighted by Gasteiger charge is -2.62. The minimum atomic E-state index is 0.641. The van der Waals surface area contributed by atoms with E-state index in [1.807, 2.05) is 13.8 Å². The van der Waals surface area contributed by atoms with Gasteiger partial charge in [-0.1, -0.05) is 60.1 Å². The molecule has 5 saturated carbocycles. The summed E-state index contributed by atoms with van der Waals surface area (Å²) < 4.78 is 0. The SMILES string of the molecule is C=C1CC[C@@]2(C)C(CC[C@@H]3[C@@H]2CC[C@@]2(C)[C@H]3C[C@H]3C[C@]32[C@H](C)CC)C1.CC. The van der Waals surface area contributed by atoms with Crippen LogP contribution in [-0.4, -0.2) is 0 Å². The van der Waals surface area contributed by atoms with Crippen molar-refractivity contribution in [2.75, 3.05) is 0 Å². The highest BCUT2D eigenvalue weighted by molar-refractivity contribution is 5.24. The van der Waals surface area contributed by atoms with Crippen molar-refractivity contribution in [2.24, 2.45) is 51.8 Å². The standard InChI is InChI=1S/C25H40.C2H6/c1-6-17(3)25-15-19(25)14-22-20-8-7-18-13-16(2)9-11-23(18,4)21(20)10-12-24(22,25)5;1-2/h17-22H,2,6-15H2,1,3-5H3;1-2H3/t17-,18?,19+,20-,21+,22+,23+,24+,25+;/m1./s1. The minimum Gasteiger partial charge on any atom is -0.0999 e. The van der Waals surface area contributed by atoms with Gasteiger partial charge in [0.1, 0.15) is 0 Å². The van der Waals surface area contributed by atoms with E-state index in [1.165, 1.54) is 32.1 Å². The summed E-state index contributed by atoms with van der Waals surface area (Å²) in [7, 11) is 0. The molecule has 0 radical (unpaired) electrons. The first-order chi connectivity index (χ1) is 12.9. The summed E-state index contributed by atoms with van der Waals surface area (Å²) in [6, 6.07) is 0. The molecule has 5 fully saturated rings. The van der Waals surface area contributed by atoms with E-state index >= 15 is 0 Å². The lowest BCUT2D eigenvalue weighted by molar-refractivity contribution is -0.120. The van der Waals surface area contributed by atoms with Gasteiger partial charge in [0.25, 0.3) is 0 Å². The lowest BCUT2D eigenvalue weighted by Crippen LogP contribution is -2.54. The Balaban J connectivity index is 0.000000872. The average Bonchev–Trinajstić information content (AvgIpc) is 3.35. The molecule has 0 aliphatic heterocycles. The fourth-order valence-corrected chi connectivity index (χ4v) is 9.67. The van der Waals surface area contributed by atoms with Crippen LogP contribution in [0.4, 0.5) is 0 Å². The van der Waals surface area contributed by atoms with Gasteiger partial charge in [0.15, 0.2) is 0 Å². The molecule has 0 spiro atoms. The van der Waals surface area contributed by atoms with E-state index < -0.39 is 0 Å². The molecule has 0 heteroatoms. The van der Waals surface area contributed by atoms with Gasteiger partial charge in [-0.05, 0) is 110 Å². The van der Waals surface area contributed by atoms with Crippen LogP contribution in [0, 0.1) is 51.8 Å². The zero-order chi connectivity index (χ0) is 19.6. The van der Waals surface area contributed by atoms with Crippen molar-refractivity contribution >= 4 is 0 Å². The van der Waals surface area contributed by atoms with Crippen LogP contribution in [0.5, 0.6) is 0 Å². The summed E-state index contributed by atoms with van der Waals surface area (Å²) in [4.78, 5) is 0. The molecule has 0 bridgehead atoms. The molecule has 5 rings (SSSR count). The molecule has 0 aromatic heterocycles. The van der Waals surface area contributed by atoms with Crippen LogP contribution in [-0.2, 0) is 0 Å². The monoisotopic (exact) mass is 370 g/mol. The molecular formula is C27H46. The highest BCUT2D eigenvalue weighted by Crippen LogP contribution is 2.82. The largest absolute Gasteiger partial charge is 0.0999 e. The van der Waals surface area contributed by atoms with E-state index in [-0.39, 0.29) is 0 Å². The first-order valence-corrected chi connectivity index (χ1v) is 12.5.